The number of hydrogen-bond acceptors (Lipinski definition) is 2. The van der Waals surface area contributed by atoms with Crippen LogP contribution >= 0.6 is 0 Å². The van der Waals surface area contributed by atoms with E-state index in [0.717, 1.165) is 11.9 Å². The number of hydrogen-bond donors (Lipinski definition) is 0. The first kappa shape index (κ1) is 10.4. The van der Waals surface area contributed by atoms with E-state index >= 15 is 0 Å². The molecule has 0 aromatic rings. The first-order chi connectivity index (χ1) is 5.11. The second kappa shape index (κ2) is 5.08. The molecule has 0 fully saturated rings. The van der Waals surface area contributed by atoms with Crippen molar-refractivity contribution < 1.29 is 9.53 Å². The fourth-order valence-electron chi connectivity index (χ4n) is 0.804. The Hall–Kier alpha value is -0.630. The van der Waals surface area contributed by atoms with E-state index in [4.69, 9.17) is 4.74 Å². The zero-order valence-electron chi connectivity index (χ0n) is 7.63. The van der Waals surface area contributed by atoms with Crippen LogP contribution in [0.15, 0.2) is 11.6 Å². The number of carbonyl (C=O) groups excluding carboxylic acids is 1. The fraction of sp³-hybridized carbons (Fsp3) is 0.667. The monoisotopic (exact) mass is 156 g/mol. The van der Waals surface area contributed by atoms with Crippen LogP contribution in [0.5, 0.6) is 0 Å². The SMILES string of the molecule is COC(C)C(C)/C=C(\C)C=O. The van der Waals surface area contributed by atoms with E-state index in [1.54, 1.807) is 14.0 Å². The molecule has 0 heterocycles. The molecule has 0 saturated heterocycles. The maximum atomic E-state index is 10.2. The second-order valence-electron chi connectivity index (χ2n) is 2.83. The lowest BCUT2D eigenvalue weighted by Gasteiger charge is -2.14. The molecule has 0 aromatic carbocycles. The van der Waals surface area contributed by atoms with Crippen molar-refractivity contribution in [2.24, 2.45) is 5.92 Å². The van der Waals surface area contributed by atoms with Gasteiger partial charge in [0, 0.05) is 13.0 Å². The molecule has 11 heavy (non-hydrogen) atoms. The first-order valence-electron chi connectivity index (χ1n) is 3.78. The van der Waals surface area contributed by atoms with E-state index in [2.05, 4.69) is 0 Å². The Labute approximate surface area is 68.2 Å². The molecule has 2 unspecified atom stereocenters. The predicted molar refractivity (Wildman–Crippen MR) is 45.5 cm³/mol. The molecule has 0 bridgehead atoms. The first-order valence-corrected chi connectivity index (χ1v) is 3.78. The highest BCUT2D eigenvalue weighted by Crippen LogP contribution is 2.09. The summed E-state index contributed by atoms with van der Waals surface area (Å²) < 4.78 is 5.10. The van der Waals surface area contributed by atoms with Gasteiger partial charge in [0.05, 0.1) is 6.10 Å². The van der Waals surface area contributed by atoms with E-state index in [9.17, 15) is 4.79 Å². The molecular formula is C9H16O2. The fourth-order valence-corrected chi connectivity index (χ4v) is 0.804. The van der Waals surface area contributed by atoms with Gasteiger partial charge in [0.25, 0.3) is 0 Å². The Bertz CT molecular complexity index is 150. The van der Waals surface area contributed by atoms with Gasteiger partial charge in [-0.05, 0) is 19.4 Å². The third-order valence-electron chi connectivity index (χ3n) is 1.82. The van der Waals surface area contributed by atoms with Crippen molar-refractivity contribution >= 4 is 6.29 Å². The molecule has 0 aromatic heterocycles. The smallest absolute Gasteiger partial charge is 0.145 e. The van der Waals surface area contributed by atoms with Crippen LogP contribution < -0.4 is 0 Å². The van der Waals surface area contributed by atoms with Gasteiger partial charge in [-0.1, -0.05) is 13.0 Å². The number of rotatable bonds is 4. The lowest BCUT2D eigenvalue weighted by Crippen LogP contribution is -2.14. The summed E-state index contributed by atoms with van der Waals surface area (Å²) in [6, 6.07) is 0. The standard InChI is InChI=1S/C9H16O2/c1-7(6-10)5-8(2)9(3)11-4/h5-6,8-9H,1-4H3/b7-5+. The van der Waals surface area contributed by atoms with Gasteiger partial charge in [-0.15, -0.1) is 0 Å². The largest absolute Gasteiger partial charge is 0.381 e. The second-order valence-corrected chi connectivity index (χ2v) is 2.83. The van der Waals surface area contributed by atoms with Crippen molar-refractivity contribution in [2.45, 2.75) is 26.9 Å². The lowest BCUT2D eigenvalue weighted by molar-refractivity contribution is -0.104. The summed E-state index contributed by atoms with van der Waals surface area (Å²) in [6.07, 6.45) is 2.95. The minimum Gasteiger partial charge on any atom is -0.381 e. The van der Waals surface area contributed by atoms with E-state index in [1.165, 1.54) is 0 Å². The highest BCUT2D eigenvalue weighted by atomic mass is 16.5. The molecule has 0 aliphatic heterocycles. The predicted octanol–water partition coefficient (Wildman–Crippen LogP) is 1.80. The van der Waals surface area contributed by atoms with Gasteiger partial charge in [-0.2, -0.15) is 0 Å². The van der Waals surface area contributed by atoms with Gasteiger partial charge < -0.3 is 4.74 Å². The van der Waals surface area contributed by atoms with E-state index in [0.29, 0.717) is 5.92 Å². The molecule has 0 aliphatic carbocycles. The van der Waals surface area contributed by atoms with Gasteiger partial charge in [-0.3, -0.25) is 4.79 Å². The lowest BCUT2D eigenvalue weighted by atomic mass is 10.0. The summed E-state index contributed by atoms with van der Waals surface area (Å²) in [5.41, 5.74) is 0.765. The zero-order valence-corrected chi connectivity index (χ0v) is 7.63. The molecule has 2 nitrogen and oxygen atoms in total. The van der Waals surface area contributed by atoms with E-state index < -0.39 is 0 Å². The minimum absolute atomic E-state index is 0.171. The molecule has 0 rings (SSSR count). The Kier molecular flexibility index (Phi) is 4.79. The normalized spacial score (nSPS) is 17.6. The summed E-state index contributed by atoms with van der Waals surface area (Å²) in [4.78, 5) is 10.2. The topological polar surface area (TPSA) is 26.3 Å². The maximum Gasteiger partial charge on any atom is 0.145 e. The Morgan fingerprint density at radius 2 is 2.00 bits per heavy atom. The van der Waals surface area contributed by atoms with E-state index in [-0.39, 0.29) is 6.10 Å². The molecular weight excluding hydrogens is 140 g/mol. The van der Waals surface area contributed by atoms with Crippen LogP contribution in [0, 0.1) is 5.92 Å². The third kappa shape index (κ3) is 3.94. The molecule has 0 spiro atoms. The number of methoxy groups -OCH3 is 1. The summed E-state index contributed by atoms with van der Waals surface area (Å²) in [7, 11) is 1.67. The number of ether oxygens (including phenoxy) is 1. The molecule has 0 N–H and O–H groups in total. The van der Waals surface area contributed by atoms with Crippen LogP contribution in [0.2, 0.25) is 0 Å². The minimum atomic E-state index is 0.171. The van der Waals surface area contributed by atoms with Gasteiger partial charge in [0.15, 0.2) is 0 Å². The van der Waals surface area contributed by atoms with Crippen molar-refractivity contribution in [3.63, 3.8) is 0 Å². The molecule has 0 amide bonds. The van der Waals surface area contributed by atoms with Crippen molar-refractivity contribution in [1.82, 2.24) is 0 Å². The molecule has 0 aliphatic rings. The summed E-state index contributed by atoms with van der Waals surface area (Å²) in [6.45, 7) is 5.81. The molecule has 64 valence electrons. The maximum absolute atomic E-state index is 10.2. The van der Waals surface area contributed by atoms with Crippen molar-refractivity contribution in [3.8, 4) is 0 Å². The average molecular weight is 156 g/mol. The highest BCUT2D eigenvalue weighted by molar-refractivity contribution is 5.72. The molecule has 0 radical (unpaired) electrons. The zero-order chi connectivity index (χ0) is 8.85. The van der Waals surface area contributed by atoms with Crippen LogP contribution in [0.4, 0.5) is 0 Å². The Morgan fingerprint density at radius 3 is 2.36 bits per heavy atom. The Balaban J connectivity index is 4.03. The summed E-state index contributed by atoms with van der Waals surface area (Å²) in [5, 5.41) is 0. The number of allylic oxidation sites excluding steroid dienone is 1. The van der Waals surface area contributed by atoms with Crippen molar-refractivity contribution in [3.05, 3.63) is 11.6 Å². The van der Waals surface area contributed by atoms with Crippen LogP contribution in [0.1, 0.15) is 20.8 Å². The molecule has 2 heteroatoms. The van der Waals surface area contributed by atoms with Gasteiger partial charge in [0.2, 0.25) is 0 Å². The van der Waals surface area contributed by atoms with Gasteiger partial charge in [-0.25, -0.2) is 0 Å². The molecule has 2 atom stereocenters. The van der Waals surface area contributed by atoms with Crippen molar-refractivity contribution in [2.75, 3.05) is 7.11 Å². The van der Waals surface area contributed by atoms with E-state index in [1.807, 2.05) is 19.9 Å². The highest BCUT2D eigenvalue weighted by Gasteiger charge is 2.07. The van der Waals surface area contributed by atoms with Crippen LogP contribution in [0.3, 0.4) is 0 Å². The quantitative estimate of drug-likeness (QED) is 0.458. The number of aldehydes is 1. The third-order valence-corrected chi connectivity index (χ3v) is 1.82. The van der Waals surface area contributed by atoms with Gasteiger partial charge in [0.1, 0.15) is 6.29 Å². The van der Waals surface area contributed by atoms with Gasteiger partial charge >= 0.3 is 0 Å². The molecule has 0 saturated carbocycles. The van der Waals surface area contributed by atoms with Crippen LogP contribution in [-0.4, -0.2) is 19.5 Å². The van der Waals surface area contributed by atoms with Crippen LogP contribution in [-0.2, 0) is 9.53 Å². The number of carbonyl (C=O) groups is 1. The summed E-state index contributed by atoms with van der Waals surface area (Å²) >= 11 is 0. The Morgan fingerprint density at radius 1 is 1.45 bits per heavy atom. The summed E-state index contributed by atoms with van der Waals surface area (Å²) in [5.74, 6) is 0.296. The van der Waals surface area contributed by atoms with Crippen molar-refractivity contribution in [1.29, 1.82) is 0 Å². The van der Waals surface area contributed by atoms with Crippen LogP contribution in [0.25, 0.3) is 0 Å². The average Bonchev–Trinajstić information content (AvgIpc) is 2.02.